The van der Waals surface area contributed by atoms with Crippen molar-refractivity contribution < 1.29 is 4.74 Å². The summed E-state index contributed by atoms with van der Waals surface area (Å²) < 4.78 is 5.86. The first-order valence-corrected chi connectivity index (χ1v) is 6.51. The van der Waals surface area contributed by atoms with Gasteiger partial charge in [-0.1, -0.05) is 19.3 Å². The number of nitrogens with one attached hydrogen (secondary N) is 2. The molecule has 1 aliphatic carbocycles. The van der Waals surface area contributed by atoms with E-state index in [2.05, 4.69) is 10.6 Å². The Bertz CT molecular complexity index is 165. The standard InChI is InChI=1S/C12H24N2O/c1-2-5-12(6-3-1)15-8-4-7-14-11-9-13-10-11/h11-14H,1-10H2. The third-order valence-corrected chi connectivity index (χ3v) is 3.44. The molecule has 0 amide bonds. The summed E-state index contributed by atoms with van der Waals surface area (Å²) in [7, 11) is 0. The normalized spacial score (nSPS) is 24.0. The number of ether oxygens (including phenoxy) is 1. The molecule has 3 nitrogen and oxygen atoms in total. The maximum atomic E-state index is 5.86. The van der Waals surface area contributed by atoms with Gasteiger partial charge in [-0.25, -0.2) is 0 Å². The van der Waals surface area contributed by atoms with Gasteiger partial charge in [0.05, 0.1) is 6.10 Å². The van der Waals surface area contributed by atoms with Crippen LogP contribution in [0.5, 0.6) is 0 Å². The Kier molecular flexibility index (Phi) is 4.90. The Labute approximate surface area is 93.0 Å². The minimum Gasteiger partial charge on any atom is -0.378 e. The number of rotatable bonds is 6. The SMILES string of the molecule is C1CCC(OCCCNC2CNC2)CC1. The van der Waals surface area contributed by atoms with Gasteiger partial charge in [-0.2, -0.15) is 0 Å². The van der Waals surface area contributed by atoms with Crippen LogP contribution in [0.15, 0.2) is 0 Å². The van der Waals surface area contributed by atoms with E-state index < -0.39 is 0 Å². The molecule has 1 aliphatic heterocycles. The van der Waals surface area contributed by atoms with E-state index in [9.17, 15) is 0 Å². The van der Waals surface area contributed by atoms with E-state index >= 15 is 0 Å². The molecule has 0 aromatic heterocycles. The van der Waals surface area contributed by atoms with E-state index in [-0.39, 0.29) is 0 Å². The van der Waals surface area contributed by atoms with Gasteiger partial charge >= 0.3 is 0 Å². The average Bonchev–Trinajstić information content (AvgIpc) is 2.22. The van der Waals surface area contributed by atoms with Crippen LogP contribution in [-0.2, 0) is 4.74 Å². The Balaban J connectivity index is 1.40. The van der Waals surface area contributed by atoms with Crippen molar-refractivity contribution in [3.8, 4) is 0 Å². The van der Waals surface area contributed by atoms with Gasteiger partial charge < -0.3 is 15.4 Å². The highest BCUT2D eigenvalue weighted by molar-refractivity contribution is 4.80. The molecule has 0 atom stereocenters. The fourth-order valence-electron chi connectivity index (χ4n) is 2.29. The second-order valence-corrected chi connectivity index (χ2v) is 4.79. The Morgan fingerprint density at radius 3 is 2.60 bits per heavy atom. The lowest BCUT2D eigenvalue weighted by molar-refractivity contribution is 0.0269. The van der Waals surface area contributed by atoms with Gasteiger partial charge in [-0.05, 0) is 25.8 Å². The largest absolute Gasteiger partial charge is 0.378 e. The van der Waals surface area contributed by atoms with Gasteiger partial charge in [0.1, 0.15) is 0 Å². The maximum absolute atomic E-state index is 5.86. The van der Waals surface area contributed by atoms with Crippen LogP contribution in [0.3, 0.4) is 0 Å². The van der Waals surface area contributed by atoms with E-state index in [1.807, 2.05) is 0 Å². The molecule has 2 fully saturated rings. The molecular formula is C12H24N2O. The first-order chi connectivity index (χ1) is 7.45. The molecule has 0 unspecified atom stereocenters. The molecule has 15 heavy (non-hydrogen) atoms. The van der Waals surface area contributed by atoms with Crippen molar-refractivity contribution in [2.75, 3.05) is 26.2 Å². The molecule has 1 saturated carbocycles. The second kappa shape index (κ2) is 6.46. The van der Waals surface area contributed by atoms with Gasteiger partial charge in [0.25, 0.3) is 0 Å². The van der Waals surface area contributed by atoms with E-state index in [0.29, 0.717) is 6.10 Å². The van der Waals surface area contributed by atoms with Gasteiger partial charge in [0.15, 0.2) is 0 Å². The summed E-state index contributed by atoms with van der Waals surface area (Å²) >= 11 is 0. The van der Waals surface area contributed by atoms with Crippen molar-refractivity contribution in [3.05, 3.63) is 0 Å². The summed E-state index contributed by atoms with van der Waals surface area (Å²) in [6.07, 6.45) is 8.47. The van der Waals surface area contributed by atoms with E-state index in [0.717, 1.165) is 38.7 Å². The highest BCUT2D eigenvalue weighted by Gasteiger charge is 2.15. The fourth-order valence-corrected chi connectivity index (χ4v) is 2.29. The Morgan fingerprint density at radius 2 is 1.93 bits per heavy atom. The summed E-state index contributed by atoms with van der Waals surface area (Å²) in [4.78, 5) is 0. The van der Waals surface area contributed by atoms with Crippen LogP contribution < -0.4 is 10.6 Å². The first-order valence-electron chi connectivity index (χ1n) is 6.51. The molecule has 0 aromatic rings. The van der Waals surface area contributed by atoms with Gasteiger partial charge in [0, 0.05) is 25.7 Å². The summed E-state index contributed by atoms with van der Waals surface area (Å²) in [6, 6.07) is 0.722. The minimum atomic E-state index is 0.573. The fraction of sp³-hybridized carbons (Fsp3) is 1.00. The van der Waals surface area contributed by atoms with Crippen LogP contribution in [0, 0.1) is 0 Å². The number of hydrogen-bond donors (Lipinski definition) is 2. The Morgan fingerprint density at radius 1 is 1.13 bits per heavy atom. The maximum Gasteiger partial charge on any atom is 0.0575 e. The predicted molar refractivity (Wildman–Crippen MR) is 62.1 cm³/mol. The molecule has 1 saturated heterocycles. The minimum absolute atomic E-state index is 0.573. The molecule has 0 bridgehead atoms. The van der Waals surface area contributed by atoms with E-state index in [4.69, 9.17) is 4.74 Å². The van der Waals surface area contributed by atoms with E-state index in [1.165, 1.54) is 32.1 Å². The molecule has 0 radical (unpaired) electrons. The van der Waals surface area contributed by atoms with Crippen molar-refractivity contribution in [1.29, 1.82) is 0 Å². The number of hydrogen-bond acceptors (Lipinski definition) is 3. The van der Waals surface area contributed by atoms with Crippen LogP contribution >= 0.6 is 0 Å². The zero-order valence-electron chi connectivity index (χ0n) is 9.63. The lowest BCUT2D eigenvalue weighted by Crippen LogP contribution is -2.55. The molecular weight excluding hydrogens is 188 g/mol. The summed E-state index contributed by atoms with van der Waals surface area (Å²) in [5.74, 6) is 0. The zero-order chi connectivity index (χ0) is 10.3. The van der Waals surface area contributed by atoms with Gasteiger partial charge in [0.2, 0.25) is 0 Å². The smallest absolute Gasteiger partial charge is 0.0575 e. The summed E-state index contributed by atoms with van der Waals surface area (Å²) in [6.45, 7) is 4.34. The van der Waals surface area contributed by atoms with E-state index in [1.54, 1.807) is 0 Å². The van der Waals surface area contributed by atoms with Crippen molar-refractivity contribution in [2.24, 2.45) is 0 Å². The third-order valence-electron chi connectivity index (χ3n) is 3.44. The molecule has 3 heteroatoms. The topological polar surface area (TPSA) is 33.3 Å². The Hall–Kier alpha value is -0.120. The van der Waals surface area contributed by atoms with Gasteiger partial charge in [-0.3, -0.25) is 0 Å². The molecule has 2 N–H and O–H groups in total. The molecule has 1 heterocycles. The average molecular weight is 212 g/mol. The molecule has 2 rings (SSSR count). The lowest BCUT2D eigenvalue weighted by atomic mass is 9.98. The van der Waals surface area contributed by atoms with Crippen molar-refractivity contribution in [1.82, 2.24) is 10.6 Å². The molecule has 88 valence electrons. The molecule has 0 aromatic carbocycles. The van der Waals surface area contributed by atoms with Crippen LogP contribution in [0.2, 0.25) is 0 Å². The van der Waals surface area contributed by atoms with Crippen molar-refractivity contribution in [2.45, 2.75) is 50.7 Å². The van der Waals surface area contributed by atoms with Crippen LogP contribution in [-0.4, -0.2) is 38.4 Å². The summed E-state index contributed by atoms with van der Waals surface area (Å²) in [5.41, 5.74) is 0. The zero-order valence-corrected chi connectivity index (χ0v) is 9.63. The van der Waals surface area contributed by atoms with Gasteiger partial charge in [-0.15, -0.1) is 0 Å². The van der Waals surface area contributed by atoms with Crippen LogP contribution in [0.1, 0.15) is 38.5 Å². The highest BCUT2D eigenvalue weighted by atomic mass is 16.5. The van der Waals surface area contributed by atoms with Crippen LogP contribution in [0.25, 0.3) is 0 Å². The second-order valence-electron chi connectivity index (χ2n) is 4.79. The highest BCUT2D eigenvalue weighted by Crippen LogP contribution is 2.20. The quantitative estimate of drug-likeness (QED) is 0.651. The molecule has 0 spiro atoms. The lowest BCUT2D eigenvalue weighted by Gasteiger charge is -2.28. The monoisotopic (exact) mass is 212 g/mol. The predicted octanol–water partition coefficient (Wildman–Crippen LogP) is 1.29. The third kappa shape index (κ3) is 4.09. The summed E-state index contributed by atoms with van der Waals surface area (Å²) in [5, 5.41) is 6.77. The first kappa shape index (κ1) is 11.4. The van der Waals surface area contributed by atoms with Crippen molar-refractivity contribution >= 4 is 0 Å². The molecule has 2 aliphatic rings. The van der Waals surface area contributed by atoms with Crippen LogP contribution in [0.4, 0.5) is 0 Å². The van der Waals surface area contributed by atoms with Crippen molar-refractivity contribution in [3.63, 3.8) is 0 Å².